The predicted molar refractivity (Wildman–Crippen MR) is 40.4 cm³/mol. The number of carbonyl (C=O) groups is 3. The first-order valence-corrected chi connectivity index (χ1v) is 3.70. The Hall–Kier alpha value is -1.44. The number of carboxylic acid groups (broad SMARTS) is 1. The van der Waals surface area contributed by atoms with Gasteiger partial charge in [-0.15, -0.1) is 0 Å². The van der Waals surface area contributed by atoms with Crippen LogP contribution in [0.25, 0.3) is 0 Å². The van der Waals surface area contributed by atoms with E-state index >= 15 is 0 Å². The molecule has 1 unspecified atom stereocenters. The van der Waals surface area contributed by atoms with Crippen LogP contribution in [0.2, 0.25) is 0 Å². The minimum absolute atomic E-state index is 0.660. The summed E-state index contributed by atoms with van der Waals surface area (Å²) < 4.78 is 37.5. The normalized spacial score (nSPS) is 15.1. The van der Waals surface area contributed by atoms with Gasteiger partial charge >= 0.3 is 11.8 Å². The number of ketones is 2. The van der Waals surface area contributed by atoms with Gasteiger partial charge in [0.2, 0.25) is 0 Å². The number of hydrogen-bond acceptors (Lipinski definition) is 4. The molecule has 0 aliphatic rings. The lowest BCUT2D eigenvalue weighted by Gasteiger charge is -2.25. The maximum Gasteiger partial charge on any atom is 0.363 e. The summed E-state index contributed by atoms with van der Waals surface area (Å²) in [6.07, 6.45) is 0. The zero-order chi connectivity index (χ0) is 12.4. The molecule has 0 rings (SSSR count). The van der Waals surface area contributed by atoms with Crippen molar-refractivity contribution < 1.29 is 32.8 Å². The molecular formula is C7H8F3NO4. The fourth-order valence-corrected chi connectivity index (χ4v) is 1.12. The van der Waals surface area contributed by atoms with Gasteiger partial charge in [-0.3, -0.25) is 9.59 Å². The van der Waals surface area contributed by atoms with Crippen LogP contribution >= 0.6 is 0 Å². The molecule has 0 saturated carbocycles. The molecule has 86 valence electrons. The number of halogens is 3. The van der Waals surface area contributed by atoms with Crippen molar-refractivity contribution in [2.24, 2.45) is 5.92 Å². The zero-order valence-corrected chi connectivity index (χ0v) is 7.83. The van der Waals surface area contributed by atoms with E-state index in [1.807, 2.05) is 0 Å². The summed E-state index contributed by atoms with van der Waals surface area (Å²) in [6, 6.07) is 0. The number of hydrogen-bond donors (Lipinski definition) is 1. The van der Waals surface area contributed by atoms with Crippen molar-refractivity contribution in [1.29, 1.82) is 0 Å². The van der Waals surface area contributed by atoms with Crippen molar-refractivity contribution in [3.63, 3.8) is 0 Å². The van der Waals surface area contributed by atoms with E-state index in [0.717, 1.165) is 0 Å². The molecule has 0 spiro atoms. The van der Waals surface area contributed by atoms with Crippen LogP contribution in [0.3, 0.4) is 0 Å². The SMILES string of the molecule is CC(=O)C(C(C)=O)C(F)(C(=O)O)N(F)F. The molecule has 0 amide bonds. The van der Waals surface area contributed by atoms with Gasteiger partial charge in [-0.25, -0.2) is 9.18 Å². The molecule has 0 bridgehead atoms. The number of alkyl halides is 1. The van der Waals surface area contributed by atoms with E-state index in [0.29, 0.717) is 13.8 Å². The van der Waals surface area contributed by atoms with Gasteiger partial charge in [0, 0.05) is 0 Å². The Kier molecular flexibility index (Phi) is 3.97. The summed E-state index contributed by atoms with van der Waals surface area (Å²) in [5, 5.41) is 5.98. The van der Waals surface area contributed by atoms with E-state index < -0.39 is 34.6 Å². The first-order valence-electron chi connectivity index (χ1n) is 3.70. The van der Waals surface area contributed by atoms with Crippen LogP contribution in [0, 0.1) is 5.92 Å². The summed E-state index contributed by atoms with van der Waals surface area (Å²) in [6.45, 7) is 1.32. The Morgan fingerprint density at radius 2 is 1.53 bits per heavy atom. The van der Waals surface area contributed by atoms with Gasteiger partial charge in [0.05, 0.1) is 5.34 Å². The average Bonchev–Trinajstić information content (AvgIpc) is 2.01. The highest BCUT2D eigenvalue weighted by Gasteiger charge is 2.58. The Balaban J connectivity index is 5.49. The van der Waals surface area contributed by atoms with Gasteiger partial charge in [0.25, 0.3) is 0 Å². The minimum atomic E-state index is -4.32. The fraction of sp³-hybridized carbons (Fsp3) is 0.571. The van der Waals surface area contributed by atoms with Gasteiger partial charge in [0.1, 0.15) is 17.5 Å². The second-order valence-electron chi connectivity index (χ2n) is 2.87. The van der Waals surface area contributed by atoms with Crippen molar-refractivity contribution in [2.75, 3.05) is 0 Å². The van der Waals surface area contributed by atoms with E-state index in [-0.39, 0.29) is 0 Å². The van der Waals surface area contributed by atoms with Crippen LogP contribution in [0.4, 0.5) is 13.4 Å². The van der Waals surface area contributed by atoms with Gasteiger partial charge in [-0.1, -0.05) is 8.96 Å². The summed E-state index contributed by atoms with van der Waals surface area (Å²) >= 11 is 0. The maximum atomic E-state index is 13.3. The molecule has 1 atom stereocenters. The second kappa shape index (κ2) is 4.39. The first kappa shape index (κ1) is 13.6. The van der Waals surface area contributed by atoms with Crippen LogP contribution in [0.5, 0.6) is 0 Å². The third kappa shape index (κ3) is 2.32. The molecule has 0 radical (unpaired) electrons. The largest absolute Gasteiger partial charge is 0.478 e. The lowest BCUT2D eigenvalue weighted by atomic mass is 9.90. The molecule has 0 heterocycles. The topological polar surface area (TPSA) is 74.7 Å². The molecule has 0 aromatic rings. The number of rotatable bonds is 5. The molecular weight excluding hydrogens is 219 g/mol. The molecule has 0 aliphatic heterocycles. The summed E-state index contributed by atoms with van der Waals surface area (Å²) in [7, 11) is 0. The van der Waals surface area contributed by atoms with Crippen LogP contribution in [0.15, 0.2) is 0 Å². The number of carboxylic acids is 1. The molecule has 0 saturated heterocycles. The monoisotopic (exact) mass is 227 g/mol. The Labute approximate surface area is 82.3 Å². The highest BCUT2D eigenvalue weighted by atomic mass is 19.4. The fourth-order valence-electron chi connectivity index (χ4n) is 1.12. The predicted octanol–water partition coefficient (Wildman–Crippen LogP) is 0.602. The van der Waals surface area contributed by atoms with E-state index in [1.54, 1.807) is 0 Å². The van der Waals surface area contributed by atoms with Gasteiger partial charge < -0.3 is 5.11 Å². The van der Waals surface area contributed by atoms with E-state index in [2.05, 4.69) is 0 Å². The Bertz CT molecular complexity index is 293. The van der Waals surface area contributed by atoms with Crippen molar-refractivity contribution in [3.05, 3.63) is 0 Å². The molecule has 0 aromatic heterocycles. The molecule has 15 heavy (non-hydrogen) atoms. The summed E-state index contributed by atoms with van der Waals surface area (Å²) in [4.78, 5) is 31.8. The first-order chi connectivity index (χ1) is 6.65. The van der Waals surface area contributed by atoms with Gasteiger partial charge in [-0.2, -0.15) is 0 Å². The second-order valence-corrected chi connectivity index (χ2v) is 2.87. The number of carbonyl (C=O) groups excluding carboxylic acids is 2. The summed E-state index contributed by atoms with van der Waals surface area (Å²) in [5.74, 6) is -12.0. The number of nitrogens with zero attached hydrogens (tertiary/aromatic N) is 1. The molecule has 0 aliphatic carbocycles. The standard InChI is InChI=1S/C7H8F3NO4/c1-3(12)5(4(2)13)7(8,6(14)15)11(9)10/h5H,1-2H3,(H,14,15). The van der Waals surface area contributed by atoms with Crippen molar-refractivity contribution >= 4 is 17.5 Å². The van der Waals surface area contributed by atoms with Gasteiger partial charge in [-0.05, 0) is 13.8 Å². The highest BCUT2D eigenvalue weighted by Crippen LogP contribution is 2.30. The van der Waals surface area contributed by atoms with Crippen LogP contribution in [-0.4, -0.2) is 33.8 Å². The number of Topliss-reactive ketones (excluding diaryl/α,β-unsaturated/α-hetero) is 2. The maximum absolute atomic E-state index is 13.3. The van der Waals surface area contributed by atoms with E-state index in [1.165, 1.54) is 0 Å². The lowest BCUT2D eigenvalue weighted by molar-refractivity contribution is -0.286. The van der Waals surface area contributed by atoms with Crippen LogP contribution in [0.1, 0.15) is 13.8 Å². The Morgan fingerprint density at radius 3 is 1.60 bits per heavy atom. The zero-order valence-electron chi connectivity index (χ0n) is 7.83. The van der Waals surface area contributed by atoms with Crippen molar-refractivity contribution in [1.82, 2.24) is 5.34 Å². The summed E-state index contributed by atoms with van der Waals surface area (Å²) in [5.41, 5.74) is 0. The smallest absolute Gasteiger partial charge is 0.363 e. The van der Waals surface area contributed by atoms with Crippen LogP contribution < -0.4 is 0 Å². The quantitative estimate of drug-likeness (QED) is 0.423. The van der Waals surface area contributed by atoms with Crippen LogP contribution in [-0.2, 0) is 14.4 Å². The van der Waals surface area contributed by atoms with E-state index in [4.69, 9.17) is 5.11 Å². The number of aliphatic carboxylic acids is 1. The molecule has 5 nitrogen and oxygen atoms in total. The third-order valence-corrected chi connectivity index (χ3v) is 1.74. The average molecular weight is 227 g/mol. The van der Waals surface area contributed by atoms with E-state index in [9.17, 15) is 27.7 Å². The minimum Gasteiger partial charge on any atom is -0.478 e. The molecule has 0 fully saturated rings. The highest BCUT2D eigenvalue weighted by molar-refractivity contribution is 6.05. The molecule has 8 heteroatoms. The van der Waals surface area contributed by atoms with Crippen molar-refractivity contribution in [2.45, 2.75) is 19.6 Å². The lowest BCUT2D eigenvalue weighted by Crippen LogP contribution is -2.54. The Morgan fingerprint density at radius 1 is 1.20 bits per heavy atom. The van der Waals surface area contributed by atoms with Gasteiger partial charge in [0.15, 0.2) is 0 Å². The third-order valence-electron chi connectivity index (χ3n) is 1.74. The molecule has 0 aromatic carbocycles. The van der Waals surface area contributed by atoms with Crippen molar-refractivity contribution in [3.8, 4) is 0 Å². The molecule has 1 N–H and O–H groups in total.